The third-order valence-electron chi connectivity index (χ3n) is 3.73. The van der Waals surface area contributed by atoms with Crippen molar-refractivity contribution < 1.29 is 9.47 Å². The Morgan fingerprint density at radius 2 is 2.20 bits per heavy atom. The molecule has 1 saturated carbocycles. The van der Waals surface area contributed by atoms with Gasteiger partial charge in [-0.1, -0.05) is 13.3 Å². The first-order valence-corrected chi connectivity index (χ1v) is 8.25. The summed E-state index contributed by atoms with van der Waals surface area (Å²) in [7, 11) is 3.31. The molecule has 1 aromatic heterocycles. The summed E-state index contributed by atoms with van der Waals surface area (Å²) in [4.78, 5) is 4.42. The molecule has 20 heavy (non-hydrogen) atoms. The standard InChI is InChI=1S/C15H24N2O2S/c1-4-20-14-7-5-6-11(14)17-10-12-15(19-3)13(18-2)8-9-16-12/h8-9,11,14,17H,4-7,10H2,1-3H3/t11-,14-/m1/s1. The lowest BCUT2D eigenvalue weighted by Gasteiger charge is -2.20. The maximum atomic E-state index is 5.42. The Kier molecular flexibility index (Phi) is 5.98. The number of nitrogens with one attached hydrogen (secondary N) is 1. The fraction of sp³-hybridized carbons (Fsp3) is 0.667. The Balaban J connectivity index is 2.00. The lowest BCUT2D eigenvalue weighted by atomic mass is 10.2. The second kappa shape index (κ2) is 7.74. The van der Waals surface area contributed by atoms with Gasteiger partial charge in [0.2, 0.25) is 0 Å². The summed E-state index contributed by atoms with van der Waals surface area (Å²) in [5.41, 5.74) is 0.916. The second-order valence-corrected chi connectivity index (χ2v) is 6.42. The van der Waals surface area contributed by atoms with Crippen molar-refractivity contribution in [2.45, 2.75) is 44.0 Å². The van der Waals surface area contributed by atoms with Gasteiger partial charge in [0.15, 0.2) is 11.5 Å². The van der Waals surface area contributed by atoms with Crippen LogP contribution in [0.4, 0.5) is 0 Å². The highest BCUT2D eigenvalue weighted by Gasteiger charge is 2.27. The number of pyridine rings is 1. The van der Waals surface area contributed by atoms with E-state index in [0.717, 1.165) is 29.0 Å². The van der Waals surface area contributed by atoms with E-state index in [4.69, 9.17) is 9.47 Å². The van der Waals surface area contributed by atoms with E-state index in [1.165, 1.54) is 25.0 Å². The Hall–Kier alpha value is -0.940. The van der Waals surface area contributed by atoms with Crippen LogP contribution < -0.4 is 14.8 Å². The Bertz CT molecular complexity index is 428. The van der Waals surface area contributed by atoms with Crippen LogP contribution in [0.15, 0.2) is 12.3 Å². The number of hydrogen-bond donors (Lipinski definition) is 1. The minimum atomic E-state index is 0.581. The minimum Gasteiger partial charge on any atom is -0.493 e. The minimum absolute atomic E-state index is 0.581. The molecule has 0 saturated heterocycles. The third kappa shape index (κ3) is 3.58. The van der Waals surface area contributed by atoms with Crippen LogP contribution in [0.1, 0.15) is 31.9 Å². The van der Waals surface area contributed by atoms with Crippen LogP contribution in [-0.2, 0) is 6.54 Å². The molecular formula is C15H24N2O2S. The van der Waals surface area contributed by atoms with Crippen molar-refractivity contribution >= 4 is 11.8 Å². The molecule has 2 rings (SSSR count). The van der Waals surface area contributed by atoms with Crippen molar-refractivity contribution in [2.24, 2.45) is 0 Å². The van der Waals surface area contributed by atoms with Gasteiger partial charge in [-0.15, -0.1) is 0 Å². The molecule has 5 heteroatoms. The van der Waals surface area contributed by atoms with Crippen LogP contribution in [0.5, 0.6) is 11.5 Å². The van der Waals surface area contributed by atoms with Gasteiger partial charge < -0.3 is 14.8 Å². The smallest absolute Gasteiger partial charge is 0.183 e. The average molecular weight is 296 g/mol. The van der Waals surface area contributed by atoms with Crippen LogP contribution >= 0.6 is 11.8 Å². The fourth-order valence-corrected chi connectivity index (χ4v) is 4.00. The van der Waals surface area contributed by atoms with Gasteiger partial charge in [0, 0.05) is 30.1 Å². The Morgan fingerprint density at radius 3 is 2.90 bits per heavy atom. The molecule has 112 valence electrons. The van der Waals surface area contributed by atoms with Crippen molar-refractivity contribution in [3.63, 3.8) is 0 Å². The molecule has 0 aromatic carbocycles. The predicted molar refractivity (Wildman–Crippen MR) is 83.7 cm³/mol. The number of thioether (sulfide) groups is 1. The molecule has 1 aromatic rings. The molecule has 1 fully saturated rings. The first-order valence-electron chi connectivity index (χ1n) is 7.21. The number of ether oxygens (including phenoxy) is 2. The van der Waals surface area contributed by atoms with Crippen molar-refractivity contribution in [2.75, 3.05) is 20.0 Å². The van der Waals surface area contributed by atoms with Crippen LogP contribution in [0, 0.1) is 0 Å². The van der Waals surface area contributed by atoms with Gasteiger partial charge in [-0.3, -0.25) is 4.98 Å². The summed E-state index contributed by atoms with van der Waals surface area (Å²) >= 11 is 2.06. The lowest BCUT2D eigenvalue weighted by Crippen LogP contribution is -2.34. The first-order chi connectivity index (χ1) is 9.80. The number of nitrogens with zero attached hydrogens (tertiary/aromatic N) is 1. The van der Waals surface area contributed by atoms with E-state index in [-0.39, 0.29) is 0 Å². The summed E-state index contributed by atoms with van der Waals surface area (Å²) in [6.45, 7) is 2.96. The van der Waals surface area contributed by atoms with Crippen molar-refractivity contribution in [1.82, 2.24) is 10.3 Å². The molecule has 1 aliphatic rings. The van der Waals surface area contributed by atoms with Gasteiger partial charge in [-0.25, -0.2) is 0 Å². The van der Waals surface area contributed by atoms with Gasteiger partial charge in [-0.2, -0.15) is 11.8 Å². The lowest BCUT2D eigenvalue weighted by molar-refractivity contribution is 0.347. The van der Waals surface area contributed by atoms with Gasteiger partial charge in [0.05, 0.1) is 19.9 Å². The van der Waals surface area contributed by atoms with Crippen LogP contribution in [-0.4, -0.2) is 36.2 Å². The van der Waals surface area contributed by atoms with Crippen molar-refractivity contribution in [1.29, 1.82) is 0 Å². The number of hydrogen-bond acceptors (Lipinski definition) is 5. The van der Waals surface area contributed by atoms with Crippen molar-refractivity contribution in [3.8, 4) is 11.5 Å². The fourth-order valence-electron chi connectivity index (χ4n) is 2.78. The molecule has 0 unspecified atom stereocenters. The molecule has 0 radical (unpaired) electrons. The average Bonchev–Trinajstić information content (AvgIpc) is 2.92. The zero-order valence-corrected chi connectivity index (χ0v) is 13.3. The molecule has 0 bridgehead atoms. The highest BCUT2D eigenvalue weighted by atomic mass is 32.2. The van der Waals surface area contributed by atoms with Crippen LogP contribution in [0.3, 0.4) is 0 Å². The Labute approximate surface area is 125 Å². The maximum absolute atomic E-state index is 5.42. The first kappa shape index (κ1) is 15.4. The van der Waals surface area contributed by atoms with E-state index in [2.05, 4.69) is 29.0 Å². The topological polar surface area (TPSA) is 43.4 Å². The van der Waals surface area contributed by atoms with E-state index in [1.807, 2.05) is 6.07 Å². The number of methoxy groups -OCH3 is 2. The van der Waals surface area contributed by atoms with E-state index in [0.29, 0.717) is 6.04 Å². The van der Waals surface area contributed by atoms with E-state index >= 15 is 0 Å². The van der Waals surface area contributed by atoms with E-state index in [1.54, 1.807) is 20.4 Å². The second-order valence-electron chi connectivity index (χ2n) is 4.91. The monoisotopic (exact) mass is 296 g/mol. The third-order valence-corrected chi connectivity index (χ3v) is 5.06. The van der Waals surface area contributed by atoms with E-state index < -0.39 is 0 Å². The number of rotatable bonds is 7. The highest BCUT2D eigenvalue weighted by Crippen LogP contribution is 2.32. The summed E-state index contributed by atoms with van der Waals surface area (Å²) in [6, 6.07) is 2.41. The largest absolute Gasteiger partial charge is 0.493 e. The number of aromatic nitrogens is 1. The molecule has 0 spiro atoms. The van der Waals surface area contributed by atoms with Crippen LogP contribution in [0.25, 0.3) is 0 Å². The normalized spacial score (nSPS) is 21.9. The SMILES string of the molecule is CCS[C@@H]1CCC[C@H]1NCc1nccc(OC)c1OC. The summed E-state index contributed by atoms with van der Waals surface area (Å²) < 4.78 is 10.7. The van der Waals surface area contributed by atoms with Gasteiger partial charge >= 0.3 is 0 Å². The molecular weight excluding hydrogens is 272 g/mol. The van der Waals surface area contributed by atoms with Crippen LogP contribution in [0.2, 0.25) is 0 Å². The molecule has 4 nitrogen and oxygen atoms in total. The van der Waals surface area contributed by atoms with Gasteiger partial charge in [-0.05, 0) is 18.6 Å². The zero-order valence-electron chi connectivity index (χ0n) is 12.5. The summed E-state index contributed by atoms with van der Waals surface area (Å²) in [5.74, 6) is 2.66. The molecule has 2 atom stereocenters. The molecule has 1 N–H and O–H groups in total. The Morgan fingerprint density at radius 1 is 1.35 bits per heavy atom. The predicted octanol–water partition coefficient (Wildman–Crippen LogP) is 2.86. The molecule has 0 aliphatic heterocycles. The van der Waals surface area contributed by atoms with Gasteiger partial charge in [0.1, 0.15) is 0 Å². The molecule has 1 aliphatic carbocycles. The van der Waals surface area contributed by atoms with E-state index in [9.17, 15) is 0 Å². The quantitative estimate of drug-likeness (QED) is 0.838. The maximum Gasteiger partial charge on any atom is 0.183 e. The van der Waals surface area contributed by atoms with Gasteiger partial charge in [0.25, 0.3) is 0 Å². The molecule has 0 amide bonds. The highest BCUT2D eigenvalue weighted by molar-refractivity contribution is 7.99. The zero-order chi connectivity index (χ0) is 14.4. The van der Waals surface area contributed by atoms with Crippen molar-refractivity contribution in [3.05, 3.63) is 18.0 Å². The molecule has 1 heterocycles. The summed E-state index contributed by atoms with van der Waals surface area (Å²) in [5, 5.41) is 4.37. The summed E-state index contributed by atoms with van der Waals surface area (Å²) in [6.07, 6.45) is 5.66.